The number of pyridine rings is 1. The first-order valence-electron chi connectivity index (χ1n) is 3.91. The SMILES string of the molecule is Cc1cc(C#N)nc2c1CNC2.Cl. The molecule has 2 heterocycles. The van der Waals surface area contributed by atoms with Gasteiger partial charge in [0.2, 0.25) is 0 Å². The topological polar surface area (TPSA) is 48.7 Å². The van der Waals surface area contributed by atoms with E-state index in [4.69, 9.17) is 5.26 Å². The molecule has 0 saturated heterocycles. The lowest BCUT2D eigenvalue weighted by Crippen LogP contribution is -2.00. The molecule has 0 bridgehead atoms. The van der Waals surface area contributed by atoms with E-state index in [-0.39, 0.29) is 12.4 Å². The van der Waals surface area contributed by atoms with Crippen LogP contribution in [0.5, 0.6) is 0 Å². The van der Waals surface area contributed by atoms with Crippen molar-refractivity contribution in [3.05, 3.63) is 28.6 Å². The van der Waals surface area contributed by atoms with Gasteiger partial charge in [-0.25, -0.2) is 4.98 Å². The van der Waals surface area contributed by atoms with Crippen LogP contribution in [0.4, 0.5) is 0 Å². The molecular formula is C9H10ClN3. The van der Waals surface area contributed by atoms with Gasteiger partial charge in [-0.15, -0.1) is 12.4 Å². The summed E-state index contributed by atoms with van der Waals surface area (Å²) >= 11 is 0. The molecule has 0 radical (unpaired) electrons. The highest BCUT2D eigenvalue weighted by atomic mass is 35.5. The van der Waals surface area contributed by atoms with Gasteiger partial charge in [0.05, 0.1) is 5.69 Å². The summed E-state index contributed by atoms with van der Waals surface area (Å²) in [5, 5.41) is 11.9. The van der Waals surface area contributed by atoms with Gasteiger partial charge in [0, 0.05) is 13.1 Å². The summed E-state index contributed by atoms with van der Waals surface area (Å²) in [6.45, 7) is 3.71. The van der Waals surface area contributed by atoms with E-state index in [1.807, 2.05) is 13.0 Å². The summed E-state index contributed by atoms with van der Waals surface area (Å²) in [7, 11) is 0. The first-order chi connectivity index (χ1) is 5.81. The Morgan fingerprint density at radius 1 is 1.54 bits per heavy atom. The number of nitrogens with one attached hydrogen (secondary N) is 1. The third-order valence-corrected chi connectivity index (χ3v) is 2.14. The van der Waals surface area contributed by atoms with Crippen molar-refractivity contribution in [2.24, 2.45) is 0 Å². The number of fused-ring (bicyclic) bond motifs is 1. The zero-order valence-electron chi connectivity index (χ0n) is 7.29. The van der Waals surface area contributed by atoms with E-state index in [0.29, 0.717) is 5.69 Å². The summed E-state index contributed by atoms with van der Waals surface area (Å²) in [5.41, 5.74) is 3.98. The average molecular weight is 196 g/mol. The Balaban J connectivity index is 0.000000845. The van der Waals surface area contributed by atoms with Crippen LogP contribution in [0.15, 0.2) is 6.07 Å². The van der Waals surface area contributed by atoms with E-state index in [0.717, 1.165) is 18.8 Å². The summed E-state index contributed by atoms with van der Waals surface area (Å²) in [5.74, 6) is 0. The van der Waals surface area contributed by atoms with Gasteiger partial charge in [0.15, 0.2) is 0 Å². The van der Waals surface area contributed by atoms with Gasteiger partial charge in [-0.1, -0.05) is 0 Å². The Labute approximate surface area is 83.2 Å². The summed E-state index contributed by atoms with van der Waals surface area (Å²) < 4.78 is 0. The molecule has 13 heavy (non-hydrogen) atoms. The van der Waals surface area contributed by atoms with E-state index in [1.54, 1.807) is 0 Å². The monoisotopic (exact) mass is 195 g/mol. The number of nitrogens with zero attached hydrogens (tertiary/aromatic N) is 2. The summed E-state index contributed by atoms with van der Waals surface area (Å²) in [6, 6.07) is 3.90. The molecule has 1 aliphatic heterocycles. The third kappa shape index (κ3) is 1.64. The molecule has 68 valence electrons. The molecule has 0 fully saturated rings. The lowest BCUT2D eigenvalue weighted by molar-refractivity contribution is 0.756. The lowest BCUT2D eigenvalue weighted by atomic mass is 10.1. The standard InChI is InChI=1S/C9H9N3.ClH/c1-6-2-7(3-10)12-9-5-11-4-8(6)9;/h2,11H,4-5H2,1H3;1H. The molecule has 0 spiro atoms. The Kier molecular flexibility index (Phi) is 2.86. The van der Waals surface area contributed by atoms with Crippen molar-refractivity contribution in [2.75, 3.05) is 0 Å². The maximum absolute atomic E-state index is 8.66. The summed E-state index contributed by atoms with van der Waals surface area (Å²) in [4.78, 5) is 4.21. The number of halogens is 1. The van der Waals surface area contributed by atoms with Crippen molar-refractivity contribution < 1.29 is 0 Å². The zero-order valence-corrected chi connectivity index (χ0v) is 8.11. The molecule has 0 atom stereocenters. The van der Waals surface area contributed by atoms with Gasteiger partial charge in [0.25, 0.3) is 0 Å². The normalized spacial score (nSPS) is 12.9. The molecule has 4 heteroatoms. The second-order valence-electron chi connectivity index (χ2n) is 2.96. The van der Waals surface area contributed by atoms with Gasteiger partial charge < -0.3 is 5.32 Å². The van der Waals surface area contributed by atoms with Gasteiger partial charge >= 0.3 is 0 Å². The van der Waals surface area contributed by atoms with Crippen LogP contribution in [0, 0.1) is 18.3 Å². The van der Waals surface area contributed by atoms with Crippen molar-refractivity contribution >= 4 is 12.4 Å². The quantitative estimate of drug-likeness (QED) is 0.679. The number of hydrogen-bond donors (Lipinski definition) is 1. The number of aromatic nitrogens is 1. The fourth-order valence-electron chi connectivity index (χ4n) is 1.52. The van der Waals surface area contributed by atoms with Crippen LogP contribution >= 0.6 is 12.4 Å². The van der Waals surface area contributed by atoms with Crippen molar-refractivity contribution in [2.45, 2.75) is 20.0 Å². The number of nitriles is 1. The predicted molar refractivity (Wildman–Crippen MR) is 51.5 cm³/mol. The van der Waals surface area contributed by atoms with Crippen molar-refractivity contribution in [3.8, 4) is 6.07 Å². The largest absolute Gasteiger partial charge is 0.307 e. The first-order valence-corrected chi connectivity index (χ1v) is 3.91. The minimum atomic E-state index is 0. The number of hydrogen-bond acceptors (Lipinski definition) is 3. The smallest absolute Gasteiger partial charge is 0.141 e. The Morgan fingerprint density at radius 2 is 2.31 bits per heavy atom. The molecule has 1 aromatic rings. The van der Waals surface area contributed by atoms with Crippen LogP contribution in [0.3, 0.4) is 0 Å². The fraction of sp³-hybridized carbons (Fsp3) is 0.333. The lowest BCUT2D eigenvalue weighted by Gasteiger charge is -2.01. The average Bonchev–Trinajstić information content (AvgIpc) is 2.52. The maximum atomic E-state index is 8.66. The highest BCUT2D eigenvalue weighted by molar-refractivity contribution is 5.85. The predicted octanol–water partition coefficient (Wildman–Crippen LogP) is 1.29. The van der Waals surface area contributed by atoms with Crippen LogP contribution < -0.4 is 5.32 Å². The molecule has 3 nitrogen and oxygen atoms in total. The molecular weight excluding hydrogens is 186 g/mol. The van der Waals surface area contributed by atoms with Gasteiger partial charge in [0.1, 0.15) is 11.8 Å². The molecule has 0 aliphatic carbocycles. The van der Waals surface area contributed by atoms with E-state index in [1.165, 1.54) is 11.1 Å². The molecule has 1 aromatic heterocycles. The maximum Gasteiger partial charge on any atom is 0.141 e. The van der Waals surface area contributed by atoms with E-state index in [9.17, 15) is 0 Å². The Hall–Kier alpha value is -1.11. The molecule has 1 aliphatic rings. The minimum Gasteiger partial charge on any atom is -0.307 e. The molecule has 0 amide bonds. The van der Waals surface area contributed by atoms with E-state index >= 15 is 0 Å². The molecule has 0 saturated carbocycles. The molecule has 0 aromatic carbocycles. The minimum absolute atomic E-state index is 0. The summed E-state index contributed by atoms with van der Waals surface area (Å²) in [6.07, 6.45) is 0. The zero-order chi connectivity index (χ0) is 8.55. The second-order valence-corrected chi connectivity index (χ2v) is 2.96. The van der Waals surface area contributed by atoms with Crippen LogP contribution in [0.25, 0.3) is 0 Å². The van der Waals surface area contributed by atoms with Crippen LogP contribution in [0.2, 0.25) is 0 Å². The van der Waals surface area contributed by atoms with E-state index in [2.05, 4.69) is 16.4 Å². The highest BCUT2D eigenvalue weighted by Gasteiger charge is 2.14. The van der Waals surface area contributed by atoms with Crippen molar-refractivity contribution in [3.63, 3.8) is 0 Å². The first kappa shape index (κ1) is 9.97. The number of aryl methyl sites for hydroxylation is 1. The third-order valence-electron chi connectivity index (χ3n) is 2.14. The van der Waals surface area contributed by atoms with Crippen LogP contribution in [0.1, 0.15) is 22.5 Å². The number of rotatable bonds is 0. The molecule has 2 rings (SSSR count). The van der Waals surface area contributed by atoms with E-state index < -0.39 is 0 Å². The molecule has 1 N–H and O–H groups in total. The van der Waals surface area contributed by atoms with Crippen LogP contribution in [-0.2, 0) is 13.1 Å². The van der Waals surface area contributed by atoms with Crippen molar-refractivity contribution in [1.82, 2.24) is 10.3 Å². The second kappa shape index (κ2) is 3.73. The fourth-order valence-corrected chi connectivity index (χ4v) is 1.52. The van der Waals surface area contributed by atoms with Crippen molar-refractivity contribution in [1.29, 1.82) is 5.26 Å². The van der Waals surface area contributed by atoms with Gasteiger partial charge in [-0.05, 0) is 24.1 Å². The van der Waals surface area contributed by atoms with Crippen LogP contribution in [-0.4, -0.2) is 4.98 Å². The molecule has 0 unspecified atom stereocenters. The highest BCUT2D eigenvalue weighted by Crippen LogP contribution is 2.17. The Morgan fingerprint density at radius 3 is 3.00 bits per heavy atom. The van der Waals surface area contributed by atoms with Gasteiger partial charge in [-0.3, -0.25) is 0 Å². The Bertz CT molecular complexity index is 368. The van der Waals surface area contributed by atoms with Gasteiger partial charge in [-0.2, -0.15) is 5.26 Å².